The molecule has 1 atom stereocenters. The SMILES string of the molecule is CC/C(C)=C/CSCC(NC(C)=O)C(=O)O. The zero-order valence-electron chi connectivity index (χ0n) is 9.95. The smallest absolute Gasteiger partial charge is 0.327 e. The minimum atomic E-state index is -0.987. The molecular weight excluding hydrogens is 226 g/mol. The number of carbonyl (C=O) groups is 2. The van der Waals surface area contributed by atoms with Crippen molar-refractivity contribution in [2.24, 2.45) is 0 Å². The van der Waals surface area contributed by atoms with Crippen molar-refractivity contribution in [2.75, 3.05) is 11.5 Å². The number of carbonyl (C=O) groups excluding carboxylic acids is 1. The molecule has 0 aliphatic carbocycles. The van der Waals surface area contributed by atoms with Gasteiger partial charge in [0.15, 0.2) is 0 Å². The number of amides is 1. The summed E-state index contributed by atoms with van der Waals surface area (Å²) in [5.41, 5.74) is 1.29. The van der Waals surface area contributed by atoms with Gasteiger partial charge in [-0.1, -0.05) is 18.6 Å². The lowest BCUT2D eigenvalue weighted by atomic mass is 10.2. The molecule has 0 aromatic rings. The van der Waals surface area contributed by atoms with Gasteiger partial charge < -0.3 is 10.4 Å². The van der Waals surface area contributed by atoms with E-state index in [0.717, 1.165) is 12.2 Å². The molecule has 0 saturated heterocycles. The minimum absolute atomic E-state index is 0.312. The second-order valence-corrected chi connectivity index (χ2v) is 4.61. The maximum atomic E-state index is 10.8. The van der Waals surface area contributed by atoms with Crippen molar-refractivity contribution >= 4 is 23.6 Å². The maximum Gasteiger partial charge on any atom is 0.327 e. The van der Waals surface area contributed by atoms with E-state index in [1.54, 1.807) is 0 Å². The van der Waals surface area contributed by atoms with E-state index in [9.17, 15) is 9.59 Å². The van der Waals surface area contributed by atoms with Crippen molar-refractivity contribution in [2.45, 2.75) is 33.2 Å². The Balaban J connectivity index is 3.94. The van der Waals surface area contributed by atoms with Gasteiger partial charge >= 0.3 is 5.97 Å². The molecule has 0 saturated carbocycles. The fraction of sp³-hybridized carbons (Fsp3) is 0.636. The summed E-state index contributed by atoms with van der Waals surface area (Å²) in [6.07, 6.45) is 3.09. The molecule has 16 heavy (non-hydrogen) atoms. The summed E-state index contributed by atoms with van der Waals surface area (Å²) in [6, 6.07) is -0.794. The summed E-state index contributed by atoms with van der Waals surface area (Å²) in [5.74, 6) is -0.127. The predicted octanol–water partition coefficient (Wildman–Crippen LogP) is 1.67. The van der Waals surface area contributed by atoms with Gasteiger partial charge in [-0.25, -0.2) is 4.79 Å². The Hall–Kier alpha value is -0.970. The number of nitrogens with one attached hydrogen (secondary N) is 1. The number of rotatable bonds is 7. The molecule has 0 aliphatic heterocycles. The van der Waals surface area contributed by atoms with Gasteiger partial charge in [0.2, 0.25) is 5.91 Å². The van der Waals surface area contributed by atoms with Gasteiger partial charge in [-0.05, 0) is 13.3 Å². The third-order valence-corrected chi connectivity index (χ3v) is 3.04. The summed E-state index contributed by atoms with van der Waals surface area (Å²) in [4.78, 5) is 21.5. The normalized spacial score (nSPS) is 13.3. The molecule has 1 unspecified atom stereocenters. The summed E-state index contributed by atoms with van der Waals surface area (Å²) in [5, 5.41) is 11.2. The Morgan fingerprint density at radius 3 is 2.50 bits per heavy atom. The van der Waals surface area contributed by atoms with E-state index in [0.29, 0.717) is 5.75 Å². The highest BCUT2D eigenvalue weighted by molar-refractivity contribution is 7.99. The first-order valence-corrected chi connectivity index (χ1v) is 6.36. The van der Waals surface area contributed by atoms with Crippen LogP contribution < -0.4 is 5.32 Å². The van der Waals surface area contributed by atoms with Gasteiger partial charge in [0.25, 0.3) is 0 Å². The molecule has 0 fully saturated rings. The van der Waals surface area contributed by atoms with E-state index in [1.165, 1.54) is 24.3 Å². The quantitative estimate of drug-likeness (QED) is 0.529. The number of carboxylic acid groups (broad SMARTS) is 1. The van der Waals surface area contributed by atoms with Crippen molar-refractivity contribution < 1.29 is 14.7 Å². The molecule has 4 nitrogen and oxygen atoms in total. The van der Waals surface area contributed by atoms with Crippen molar-refractivity contribution in [3.63, 3.8) is 0 Å². The van der Waals surface area contributed by atoms with Gasteiger partial charge in [0, 0.05) is 18.4 Å². The van der Waals surface area contributed by atoms with Crippen LogP contribution in [-0.2, 0) is 9.59 Å². The molecular formula is C11H19NO3S. The van der Waals surface area contributed by atoms with Crippen molar-refractivity contribution in [1.82, 2.24) is 5.32 Å². The number of aliphatic carboxylic acids is 1. The fourth-order valence-electron chi connectivity index (χ4n) is 0.951. The van der Waals surface area contributed by atoms with E-state index >= 15 is 0 Å². The van der Waals surface area contributed by atoms with Crippen LogP contribution in [0.5, 0.6) is 0 Å². The minimum Gasteiger partial charge on any atom is -0.480 e. The highest BCUT2D eigenvalue weighted by atomic mass is 32.2. The number of hydrogen-bond donors (Lipinski definition) is 2. The predicted molar refractivity (Wildman–Crippen MR) is 66.6 cm³/mol. The van der Waals surface area contributed by atoms with Gasteiger partial charge in [-0.15, -0.1) is 0 Å². The van der Waals surface area contributed by atoms with Crippen LogP contribution in [0.4, 0.5) is 0 Å². The molecule has 0 spiro atoms. The highest BCUT2D eigenvalue weighted by Gasteiger charge is 2.17. The van der Waals surface area contributed by atoms with Crippen molar-refractivity contribution in [3.05, 3.63) is 11.6 Å². The zero-order valence-corrected chi connectivity index (χ0v) is 10.8. The van der Waals surface area contributed by atoms with E-state index in [-0.39, 0.29) is 5.91 Å². The van der Waals surface area contributed by atoms with E-state index in [1.807, 2.05) is 6.92 Å². The van der Waals surface area contributed by atoms with E-state index < -0.39 is 12.0 Å². The molecule has 0 aliphatic rings. The molecule has 5 heteroatoms. The van der Waals surface area contributed by atoms with Crippen LogP contribution >= 0.6 is 11.8 Å². The molecule has 2 N–H and O–H groups in total. The summed E-state index contributed by atoms with van der Waals surface area (Å²) in [6.45, 7) is 5.44. The Kier molecular flexibility index (Phi) is 7.72. The van der Waals surface area contributed by atoms with Crippen LogP contribution in [0.3, 0.4) is 0 Å². The lowest BCUT2D eigenvalue weighted by molar-refractivity contribution is -0.140. The van der Waals surface area contributed by atoms with Gasteiger partial charge in [0.1, 0.15) is 6.04 Å². The monoisotopic (exact) mass is 245 g/mol. The highest BCUT2D eigenvalue weighted by Crippen LogP contribution is 2.07. The first kappa shape index (κ1) is 15.0. The molecule has 0 rings (SSSR count). The fourth-order valence-corrected chi connectivity index (χ4v) is 1.95. The zero-order chi connectivity index (χ0) is 12.6. The second-order valence-electron chi connectivity index (χ2n) is 3.53. The molecule has 0 aromatic heterocycles. The largest absolute Gasteiger partial charge is 0.480 e. The van der Waals surface area contributed by atoms with Crippen LogP contribution in [0.2, 0.25) is 0 Å². The third kappa shape index (κ3) is 7.34. The van der Waals surface area contributed by atoms with Crippen LogP contribution in [0.25, 0.3) is 0 Å². The molecule has 0 heterocycles. The lowest BCUT2D eigenvalue weighted by Crippen LogP contribution is -2.41. The standard InChI is InChI=1S/C11H19NO3S/c1-4-8(2)5-6-16-7-10(11(14)15)12-9(3)13/h5,10H,4,6-7H2,1-3H3,(H,12,13)(H,14,15)/b8-5+. The number of carboxylic acids is 1. The first-order valence-electron chi connectivity index (χ1n) is 5.20. The van der Waals surface area contributed by atoms with E-state index in [2.05, 4.69) is 18.3 Å². The summed E-state index contributed by atoms with van der Waals surface area (Å²) in [7, 11) is 0. The molecule has 0 bridgehead atoms. The molecule has 1 amide bonds. The summed E-state index contributed by atoms with van der Waals surface area (Å²) >= 11 is 1.50. The van der Waals surface area contributed by atoms with Crippen LogP contribution in [0, 0.1) is 0 Å². The number of hydrogen-bond acceptors (Lipinski definition) is 3. The lowest BCUT2D eigenvalue weighted by Gasteiger charge is -2.11. The average Bonchev–Trinajstić information content (AvgIpc) is 2.21. The van der Waals surface area contributed by atoms with Gasteiger partial charge in [0.05, 0.1) is 0 Å². The Bertz CT molecular complexity index is 276. The van der Waals surface area contributed by atoms with Crippen LogP contribution in [0.15, 0.2) is 11.6 Å². The molecule has 0 radical (unpaired) electrons. The first-order chi connectivity index (χ1) is 7.47. The third-order valence-electron chi connectivity index (χ3n) is 2.07. The Morgan fingerprint density at radius 2 is 2.06 bits per heavy atom. The molecule has 0 aromatic carbocycles. The maximum absolute atomic E-state index is 10.8. The van der Waals surface area contributed by atoms with Crippen molar-refractivity contribution in [3.8, 4) is 0 Å². The number of thioether (sulfide) groups is 1. The second kappa shape index (κ2) is 8.21. The number of allylic oxidation sites excluding steroid dienone is 1. The Labute approximate surface area is 100 Å². The van der Waals surface area contributed by atoms with Gasteiger partial charge in [-0.3, -0.25) is 4.79 Å². The topological polar surface area (TPSA) is 66.4 Å². The van der Waals surface area contributed by atoms with Crippen LogP contribution in [-0.4, -0.2) is 34.5 Å². The summed E-state index contributed by atoms with van der Waals surface area (Å²) < 4.78 is 0. The molecule has 92 valence electrons. The average molecular weight is 245 g/mol. The van der Waals surface area contributed by atoms with Crippen LogP contribution in [0.1, 0.15) is 27.2 Å². The van der Waals surface area contributed by atoms with Crippen molar-refractivity contribution in [1.29, 1.82) is 0 Å². The van der Waals surface area contributed by atoms with E-state index in [4.69, 9.17) is 5.11 Å². The Morgan fingerprint density at radius 1 is 1.44 bits per heavy atom. The van der Waals surface area contributed by atoms with Gasteiger partial charge in [-0.2, -0.15) is 11.8 Å².